The van der Waals surface area contributed by atoms with Crippen molar-refractivity contribution >= 4 is 82.8 Å². The number of hydrogen-bond acceptors (Lipinski definition) is 13. The summed E-state index contributed by atoms with van der Waals surface area (Å²) in [4.78, 5) is 52.4. The van der Waals surface area contributed by atoms with Crippen molar-refractivity contribution in [2.24, 2.45) is 11.7 Å². The SMILES string of the molecule is C[C@H](CSC1CC(=O)N(CCNC(=O)CCCCC[N+]2=C(/C=C/C3=C(Oc4ccc(S(=O)(=O)O)cc4)C(=C/C=C4/N(CCCCS(=O)(=O)O)c5ccc(S(=O)(=O)O)cc5C4(C)C)/CCC3)C(C)(C)c3ccccc32)C1=O)C(N)=O. The number of imide groups is 1. The van der Waals surface area contributed by atoms with Gasteiger partial charge in [-0.15, -0.1) is 11.8 Å². The molecule has 1 saturated heterocycles. The topological polar surface area (TPSA) is 288 Å². The maximum atomic E-state index is 12.9. The minimum atomic E-state index is -4.55. The standard InChI is InChI=1S/C56H69N5O14S4/c1-37(53(57)64)36-76-47-35-51(63)61(54(47)65)32-29-58-50(62)18-7-6-10-30-59-45-17-9-8-16-43(45)55(2,3)48(59)27-19-38-14-13-15-39(52(38)75-40-21-23-41(24-22-40)78(69,70)71)20-28-49-56(4,5)44-34-42(79(72,73)74)25-26-46(44)60(49)31-11-12-33-77(66,67)68/h8-9,16-17,19-28,34,37,47H,6-7,10-15,18,29-33,35-36H2,1-5H3,(H5-,57,58,62,64,66,67,68,69,70,71,72,73,74)/p+1/t37-,47?/m1/s1. The van der Waals surface area contributed by atoms with Gasteiger partial charge in [0.1, 0.15) is 18.1 Å². The molecule has 79 heavy (non-hydrogen) atoms. The Bertz CT molecular complexity index is 3380. The molecule has 3 aromatic carbocycles. The van der Waals surface area contributed by atoms with Crippen molar-refractivity contribution in [3.8, 4) is 5.75 Å². The first kappa shape index (κ1) is 60.7. The number of amides is 4. The average Bonchev–Trinajstić information content (AvgIpc) is 4.05. The summed E-state index contributed by atoms with van der Waals surface area (Å²) >= 11 is 1.24. The van der Waals surface area contributed by atoms with Gasteiger partial charge in [-0.3, -0.25) is 37.7 Å². The number of anilines is 1. The highest BCUT2D eigenvalue weighted by molar-refractivity contribution is 8.00. The van der Waals surface area contributed by atoms with Gasteiger partial charge in [-0.25, -0.2) is 0 Å². The van der Waals surface area contributed by atoms with Crippen LogP contribution in [0, 0.1) is 5.92 Å². The molecule has 3 heterocycles. The summed E-state index contributed by atoms with van der Waals surface area (Å²) in [6.45, 7) is 11.0. The number of nitrogens with two attached hydrogens (primary N) is 1. The zero-order valence-electron chi connectivity index (χ0n) is 45.0. The number of benzene rings is 3. The smallest absolute Gasteiger partial charge is 0.294 e. The largest absolute Gasteiger partial charge is 0.457 e. The Morgan fingerprint density at radius 1 is 0.823 bits per heavy atom. The van der Waals surface area contributed by atoms with Gasteiger partial charge in [-0.2, -0.15) is 29.8 Å². The molecule has 1 aliphatic carbocycles. The summed E-state index contributed by atoms with van der Waals surface area (Å²) in [5.74, 6) is -0.992. The first-order valence-electron chi connectivity index (χ1n) is 26.3. The minimum absolute atomic E-state index is 0.0409. The second kappa shape index (κ2) is 24.8. The van der Waals surface area contributed by atoms with Crippen LogP contribution in [0.5, 0.6) is 5.75 Å². The molecule has 0 saturated carbocycles. The van der Waals surface area contributed by atoms with E-state index < -0.39 is 64.0 Å². The molecule has 0 radical (unpaired) electrons. The molecule has 6 N–H and O–H groups in total. The number of ether oxygens (including phenoxy) is 1. The number of fused-ring (bicyclic) bond motifs is 2. The maximum absolute atomic E-state index is 12.9. The lowest BCUT2D eigenvalue weighted by Gasteiger charge is -2.27. The molecule has 426 valence electrons. The van der Waals surface area contributed by atoms with Gasteiger partial charge < -0.3 is 20.7 Å². The van der Waals surface area contributed by atoms with Crippen molar-refractivity contribution < 1.29 is 67.4 Å². The summed E-state index contributed by atoms with van der Waals surface area (Å²) in [6, 6.07) is 18.0. The van der Waals surface area contributed by atoms with Gasteiger partial charge in [0.2, 0.25) is 29.3 Å². The number of nitrogens with one attached hydrogen (secondary N) is 1. The van der Waals surface area contributed by atoms with E-state index in [1.54, 1.807) is 13.0 Å². The molecule has 0 aromatic heterocycles. The van der Waals surface area contributed by atoms with E-state index in [-0.39, 0.29) is 59.9 Å². The number of para-hydroxylation sites is 1. The first-order chi connectivity index (χ1) is 37.1. The Kier molecular flexibility index (Phi) is 19.1. The van der Waals surface area contributed by atoms with Crippen LogP contribution in [0.3, 0.4) is 0 Å². The van der Waals surface area contributed by atoms with Crippen LogP contribution in [-0.2, 0) is 60.4 Å². The predicted octanol–water partition coefficient (Wildman–Crippen LogP) is 7.56. The molecule has 19 nitrogen and oxygen atoms in total. The third kappa shape index (κ3) is 14.7. The summed E-state index contributed by atoms with van der Waals surface area (Å²) in [7, 11) is -13.3. The van der Waals surface area contributed by atoms with Crippen molar-refractivity contribution in [1.29, 1.82) is 0 Å². The Labute approximate surface area is 467 Å². The van der Waals surface area contributed by atoms with Crippen molar-refractivity contribution in [3.05, 3.63) is 125 Å². The van der Waals surface area contributed by atoms with E-state index in [0.717, 1.165) is 58.0 Å². The van der Waals surface area contributed by atoms with Gasteiger partial charge in [-0.1, -0.05) is 45.0 Å². The van der Waals surface area contributed by atoms with Crippen LogP contribution in [0.25, 0.3) is 0 Å². The maximum Gasteiger partial charge on any atom is 0.294 e. The molecule has 1 fully saturated rings. The normalized spacial score (nSPS) is 19.7. The van der Waals surface area contributed by atoms with Crippen molar-refractivity contribution in [2.45, 2.75) is 125 Å². The minimum Gasteiger partial charge on any atom is -0.457 e. The summed E-state index contributed by atoms with van der Waals surface area (Å²) < 4.78 is 110. The number of carbonyl (C=O) groups is 4. The molecule has 4 amide bonds. The van der Waals surface area contributed by atoms with Crippen LogP contribution < -0.4 is 20.7 Å². The van der Waals surface area contributed by atoms with E-state index in [1.165, 1.54) is 48.2 Å². The van der Waals surface area contributed by atoms with Crippen molar-refractivity contribution in [2.75, 3.05) is 42.6 Å². The Hall–Kier alpha value is -5.95. The van der Waals surface area contributed by atoms with Crippen LogP contribution in [-0.4, -0.2) is 121 Å². The van der Waals surface area contributed by atoms with Crippen LogP contribution in [0.1, 0.15) is 110 Å². The van der Waals surface area contributed by atoms with Gasteiger partial charge in [0.25, 0.3) is 30.4 Å². The van der Waals surface area contributed by atoms with Gasteiger partial charge in [0, 0.05) is 85.1 Å². The van der Waals surface area contributed by atoms with Gasteiger partial charge in [-0.05, 0) is 130 Å². The molecule has 7 rings (SSSR count). The number of rotatable bonds is 25. The second-order valence-corrected chi connectivity index (χ2v) is 27.0. The Balaban J connectivity index is 1.13. The zero-order chi connectivity index (χ0) is 57.7. The van der Waals surface area contributed by atoms with Gasteiger partial charge >= 0.3 is 0 Å². The lowest BCUT2D eigenvalue weighted by molar-refractivity contribution is -0.438. The number of nitrogens with zero attached hydrogens (tertiary/aromatic N) is 3. The van der Waals surface area contributed by atoms with E-state index >= 15 is 0 Å². The fraction of sp³-hybridized carbons (Fsp3) is 0.446. The zero-order valence-corrected chi connectivity index (χ0v) is 48.3. The highest BCUT2D eigenvalue weighted by Gasteiger charge is 2.45. The molecule has 23 heteroatoms. The molecule has 0 bridgehead atoms. The summed E-state index contributed by atoms with van der Waals surface area (Å²) in [5.41, 5.74) is 11.0. The monoisotopic (exact) mass is 1160 g/mol. The Morgan fingerprint density at radius 2 is 1.52 bits per heavy atom. The van der Waals surface area contributed by atoms with Crippen LogP contribution in [0.2, 0.25) is 0 Å². The average molecular weight is 1170 g/mol. The van der Waals surface area contributed by atoms with Gasteiger partial charge in [0.15, 0.2) is 5.71 Å². The molecular formula is C56H70N5O14S4+. The summed E-state index contributed by atoms with van der Waals surface area (Å²) in [6.07, 6.45) is 12.9. The molecule has 1 unspecified atom stereocenters. The van der Waals surface area contributed by atoms with E-state index in [1.807, 2.05) is 49.1 Å². The number of likely N-dealkylation sites (tertiary alicyclic amines) is 1. The Morgan fingerprint density at radius 3 is 2.20 bits per heavy atom. The first-order valence-corrected chi connectivity index (χ1v) is 31.8. The van der Waals surface area contributed by atoms with Crippen LogP contribution in [0.4, 0.5) is 11.4 Å². The molecular weight excluding hydrogens is 1090 g/mol. The van der Waals surface area contributed by atoms with Crippen LogP contribution >= 0.6 is 11.8 Å². The number of primary amides is 1. The highest BCUT2D eigenvalue weighted by Crippen LogP contribution is 2.49. The van der Waals surface area contributed by atoms with E-state index in [0.29, 0.717) is 67.3 Å². The summed E-state index contributed by atoms with van der Waals surface area (Å²) in [5, 5.41) is 2.26. The molecule has 2 atom stereocenters. The number of unbranched alkanes of at least 4 members (excludes halogenated alkanes) is 3. The third-order valence-electron chi connectivity index (χ3n) is 14.9. The lowest BCUT2D eigenvalue weighted by Crippen LogP contribution is -2.39. The number of carbonyl (C=O) groups excluding carboxylic acids is 4. The van der Waals surface area contributed by atoms with E-state index in [9.17, 15) is 58.1 Å². The fourth-order valence-corrected chi connectivity index (χ4v) is 13.3. The molecule has 3 aromatic rings. The highest BCUT2D eigenvalue weighted by atomic mass is 32.2. The number of hydrogen-bond donors (Lipinski definition) is 5. The van der Waals surface area contributed by atoms with Gasteiger partial charge in [0.05, 0.1) is 26.2 Å². The quantitative estimate of drug-likeness (QED) is 0.0237. The fourth-order valence-electron chi connectivity index (χ4n) is 10.5. The van der Waals surface area contributed by atoms with Crippen LogP contribution in [0.15, 0.2) is 123 Å². The van der Waals surface area contributed by atoms with E-state index in [4.69, 9.17) is 10.5 Å². The van der Waals surface area contributed by atoms with Crippen molar-refractivity contribution in [1.82, 2.24) is 10.2 Å². The molecule has 4 aliphatic rings. The lowest BCUT2D eigenvalue weighted by atomic mass is 9.81. The predicted molar refractivity (Wildman–Crippen MR) is 302 cm³/mol. The number of thioether (sulfide) groups is 1. The van der Waals surface area contributed by atoms with E-state index in [2.05, 4.69) is 41.9 Å². The second-order valence-electron chi connectivity index (χ2n) is 21.3. The molecule has 0 spiro atoms. The third-order valence-corrected chi connectivity index (χ3v) is 18.9. The number of allylic oxidation sites excluding steroid dienone is 7. The molecule has 3 aliphatic heterocycles. The van der Waals surface area contributed by atoms with Crippen molar-refractivity contribution in [3.63, 3.8) is 0 Å².